The fourth-order valence-electron chi connectivity index (χ4n) is 2.10. The van der Waals surface area contributed by atoms with Gasteiger partial charge in [-0.2, -0.15) is 5.10 Å². The van der Waals surface area contributed by atoms with Crippen LogP contribution in [0.4, 0.5) is 4.39 Å². The van der Waals surface area contributed by atoms with E-state index in [2.05, 4.69) is 5.10 Å². The molecule has 0 radical (unpaired) electrons. The number of nitrogens with two attached hydrogens (primary N) is 1. The Balaban J connectivity index is 2.30. The molecule has 2 N–H and O–H groups in total. The van der Waals surface area contributed by atoms with E-state index < -0.39 is 11.7 Å². The first-order chi connectivity index (χ1) is 9.55. The number of benzene rings is 1. The van der Waals surface area contributed by atoms with Crippen molar-refractivity contribution in [2.24, 2.45) is 5.73 Å². The summed E-state index contributed by atoms with van der Waals surface area (Å²) in [5, 5.41) is 4.45. The molecule has 106 valence electrons. The fraction of sp³-hybridized carbons (Fsp3) is 0.333. The maximum absolute atomic E-state index is 14.0. The van der Waals surface area contributed by atoms with Crippen LogP contribution >= 0.6 is 0 Å². The summed E-state index contributed by atoms with van der Waals surface area (Å²) < 4.78 is 15.8. The molecule has 0 unspecified atom stereocenters. The molecule has 0 fully saturated rings. The van der Waals surface area contributed by atoms with Gasteiger partial charge in [0.1, 0.15) is 5.82 Å². The highest BCUT2D eigenvalue weighted by molar-refractivity contribution is 5.92. The molecule has 2 rings (SSSR count). The van der Waals surface area contributed by atoms with Crippen molar-refractivity contribution in [2.75, 3.05) is 0 Å². The smallest absolute Gasteiger partial charge is 0.248 e. The van der Waals surface area contributed by atoms with Crippen molar-refractivity contribution >= 4 is 5.91 Å². The Morgan fingerprint density at radius 3 is 2.60 bits per heavy atom. The minimum Gasteiger partial charge on any atom is -0.366 e. The Morgan fingerprint density at radius 1 is 1.30 bits per heavy atom. The quantitative estimate of drug-likeness (QED) is 0.910. The number of halogens is 1. The van der Waals surface area contributed by atoms with E-state index in [-0.39, 0.29) is 5.56 Å². The standard InChI is InChI=1S/C15H18FN3O/c1-3-12-8-13(4-2)19(18-12)9-11-6-5-10(15(17)20)7-14(11)16/h5-8H,3-4,9H2,1-2H3,(H2,17,20). The van der Waals surface area contributed by atoms with Crippen LogP contribution in [0.25, 0.3) is 0 Å². The number of carbonyl (C=O) groups is 1. The summed E-state index contributed by atoms with van der Waals surface area (Å²) in [5.74, 6) is -1.06. The van der Waals surface area contributed by atoms with Gasteiger partial charge >= 0.3 is 0 Å². The van der Waals surface area contributed by atoms with Gasteiger partial charge in [0.15, 0.2) is 0 Å². The van der Waals surface area contributed by atoms with E-state index in [4.69, 9.17) is 5.73 Å². The van der Waals surface area contributed by atoms with Gasteiger partial charge in [0.05, 0.1) is 12.2 Å². The lowest BCUT2D eigenvalue weighted by atomic mass is 10.1. The molecule has 0 atom stereocenters. The van der Waals surface area contributed by atoms with Crippen molar-refractivity contribution in [3.05, 3.63) is 52.6 Å². The summed E-state index contributed by atoms with van der Waals surface area (Å²) in [7, 11) is 0. The first-order valence-corrected chi connectivity index (χ1v) is 6.69. The minimum atomic E-state index is -0.628. The number of nitrogens with zero attached hydrogens (tertiary/aromatic N) is 2. The van der Waals surface area contributed by atoms with E-state index in [1.807, 2.05) is 19.9 Å². The van der Waals surface area contributed by atoms with Gasteiger partial charge < -0.3 is 5.73 Å². The zero-order chi connectivity index (χ0) is 14.7. The van der Waals surface area contributed by atoms with E-state index >= 15 is 0 Å². The second kappa shape index (κ2) is 5.86. The Kier molecular flexibility index (Phi) is 4.17. The maximum atomic E-state index is 14.0. The van der Waals surface area contributed by atoms with Gasteiger partial charge in [0.2, 0.25) is 5.91 Å². The zero-order valence-corrected chi connectivity index (χ0v) is 11.7. The number of hydrogen-bond acceptors (Lipinski definition) is 2. The first-order valence-electron chi connectivity index (χ1n) is 6.69. The van der Waals surface area contributed by atoms with Crippen LogP contribution < -0.4 is 5.73 Å². The van der Waals surface area contributed by atoms with Crippen molar-refractivity contribution in [3.63, 3.8) is 0 Å². The highest BCUT2D eigenvalue weighted by atomic mass is 19.1. The largest absolute Gasteiger partial charge is 0.366 e. The molecular weight excluding hydrogens is 257 g/mol. The molecule has 0 bridgehead atoms. The Hall–Kier alpha value is -2.17. The van der Waals surface area contributed by atoms with Crippen LogP contribution in [0.15, 0.2) is 24.3 Å². The second-order valence-electron chi connectivity index (χ2n) is 4.66. The van der Waals surface area contributed by atoms with Crippen LogP contribution in [0.3, 0.4) is 0 Å². The fourth-order valence-corrected chi connectivity index (χ4v) is 2.10. The van der Waals surface area contributed by atoms with Crippen LogP contribution in [0, 0.1) is 5.82 Å². The zero-order valence-electron chi connectivity index (χ0n) is 11.7. The van der Waals surface area contributed by atoms with Crippen molar-refractivity contribution in [1.29, 1.82) is 0 Å². The highest BCUT2D eigenvalue weighted by Gasteiger charge is 2.11. The third-order valence-corrected chi connectivity index (χ3v) is 3.30. The summed E-state index contributed by atoms with van der Waals surface area (Å²) in [6.07, 6.45) is 1.69. The van der Waals surface area contributed by atoms with E-state index in [9.17, 15) is 9.18 Å². The number of amides is 1. The van der Waals surface area contributed by atoms with Gasteiger partial charge in [0, 0.05) is 16.8 Å². The number of aryl methyl sites for hydroxylation is 2. The molecule has 0 aliphatic carbocycles. The molecule has 2 aromatic rings. The number of carbonyl (C=O) groups excluding carboxylic acids is 1. The average molecular weight is 275 g/mol. The molecular formula is C15H18FN3O. The molecule has 0 saturated carbocycles. The number of rotatable bonds is 5. The van der Waals surface area contributed by atoms with E-state index in [0.717, 1.165) is 24.2 Å². The maximum Gasteiger partial charge on any atom is 0.248 e. The molecule has 0 saturated heterocycles. The van der Waals surface area contributed by atoms with E-state index in [0.29, 0.717) is 12.1 Å². The van der Waals surface area contributed by atoms with Crippen molar-refractivity contribution in [3.8, 4) is 0 Å². The number of aromatic nitrogens is 2. The van der Waals surface area contributed by atoms with E-state index in [1.54, 1.807) is 10.7 Å². The average Bonchev–Trinajstić information content (AvgIpc) is 2.83. The predicted molar refractivity (Wildman–Crippen MR) is 75.0 cm³/mol. The minimum absolute atomic E-state index is 0.177. The lowest BCUT2D eigenvalue weighted by molar-refractivity contribution is 0.1000. The molecule has 1 aromatic carbocycles. The van der Waals surface area contributed by atoms with Crippen molar-refractivity contribution in [1.82, 2.24) is 9.78 Å². The molecule has 4 nitrogen and oxygen atoms in total. The third kappa shape index (κ3) is 2.87. The SMILES string of the molecule is CCc1cc(CC)n(Cc2ccc(C(N)=O)cc2F)n1. The molecule has 0 spiro atoms. The van der Waals surface area contributed by atoms with Crippen LogP contribution in [0.1, 0.15) is 41.2 Å². The van der Waals surface area contributed by atoms with Gasteiger partial charge in [-0.1, -0.05) is 19.9 Å². The molecule has 5 heteroatoms. The van der Waals surface area contributed by atoms with Gasteiger partial charge in [-0.15, -0.1) is 0 Å². The Morgan fingerprint density at radius 2 is 2.05 bits per heavy atom. The van der Waals surface area contributed by atoms with Gasteiger partial charge in [-0.3, -0.25) is 9.48 Å². The van der Waals surface area contributed by atoms with Crippen LogP contribution in [-0.4, -0.2) is 15.7 Å². The second-order valence-corrected chi connectivity index (χ2v) is 4.66. The Labute approximate surface area is 117 Å². The summed E-state index contributed by atoms with van der Waals surface area (Å²) >= 11 is 0. The topological polar surface area (TPSA) is 60.9 Å². The predicted octanol–water partition coefficient (Wildman–Crippen LogP) is 2.29. The molecule has 1 heterocycles. The Bertz CT molecular complexity index is 634. The summed E-state index contributed by atoms with van der Waals surface area (Å²) in [6.45, 7) is 4.43. The molecule has 1 aromatic heterocycles. The van der Waals surface area contributed by atoms with Crippen LogP contribution in [0.2, 0.25) is 0 Å². The van der Waals surface area contributed by atoms with Crippen LogP contribution in [-0.2, 0) is 19.4 Å². The number of primary amides is 1. The molecule has 1 amide bonds. The molecule has 0 aliphatic rings. The molecule has 20 heavy (non-hydrogen) atoms. The first kappa shape index (κ1) is 14.2. The number of hydrogen-bond donors (Lipinski definition) is 1. The highest BCUT2D eigenvalue weighted by Crippen LogP contribution is 2.14. The van der Waals surface area contributed by atoms with Crippen molar-refractivity contribution < 1.29 is 9.18 Å². The lowest BCUT2D eigenvalue weighted by Crippen LogP contribution is -2.12. The normalized spacial score (nSPS) is 10.8. The summed E-state index contributed by atoms with van der Waals surface area (Å²) in [4.78, 5) is 11.0. The van der Waals surface area contributed by atoms with E-state index in [1.165, 1.54) is 12.1 Å². The van der Waals surface area contributed by atoms with Crippen molar-refractivity contribution in [2.45, 2.75) is 33.2 Å². The summed E-state index contributed by atoms with van der Waals surface area (Å²) in [5.41, 5.74) is 7.87. The van der Waals surface area contributed by atoms with Gasteiger partial charge in [0.25, 0.3) is 0 Å². The van der Waals surface area contributed by atoms with Gasteiger partial charge in [-0.25, -0.2) is 4.39 Å². The summed E-state index contributed by atoms with van der Waals surface area (Å²) in [6, 6.07) is 6.34. The van der Waals surface area contributed by atoms with Gasteiger partial charge in [-0.05, 0) is 31.0 Å². The third-order valence-electron chi connectivity index (χ3n) is 3.30. The lowest BCUT2D eigenvalue weighted by Gasteiger charge is -2.08. The molecule has 0 aliphatic heterocycles. The van der Waals surface area contributed by atoms with Crippen LogP contribution in [0.5, 0.6) is 0 Å². The monoisotopic (exact) mass is 275 g/mol.